The monoisotopic (exact) mass is 256 g/mol. The van der Waals surface area contributed by atoms with Gasteiger partial charge in [-0.3, -0.25) is 0 Å². The summed E-state index contributed by atoms with van der Waals surface area (Å²) >= 11 is 0. The van der Waals surface area contributed by atoms with Gasteiger partial charge in [0.05, 0.1) is 6.07 Å². The first-order chi connectivity index (χ1) is 7.94. The molecule has 4 nitrogen and oxygen atoms in total. The van der Waals surface area contributed by atoms with E-state index in [9.17, 15) is 12.8 Å². The number of nitriles is 1. The van der Waals surface area contributed by atoms with Gasteiger partial charge in [-0.25, -0.2) is 17.5 Å². The fraction of sp³-hybridized carbons (Fsp3) is 0.364. The van der Waals surface area contributed by atoms with E-state index in [1.54, 1.807) is 19.1 Å². The lowest BCUT2D eigenvalue weighted by Crippen LogP contribution is -2.27. The summed E-state index contributed by atoms with van der Waals surface area (Å²) in [5, 5.41) is 8.28. The van der Waals surface area contributed by atoms with E-state index >= 15 is 0 Å². The number of hydrogen-bond acceptors (Lipinski definition) is 3. The molecule has 0 bridgehead atoms. The molecule has 0 fully saturated rings. The Morgan fingerprint density at radius 1 is 1.47 bits per heavy atom. The van der Waals surface area contributed by atoms with Crippen LogP contribution in [0.15, 0.2) is 18.2 Å². The maximum absolute atomic E-state index is 12.8. The van der Waals surface area contributed by atoms with Crippen molar-refractivity contribution in [3.63, 3.8) is 0 Å². The predicted molar refractivity (Wildman–Crippen MR) is 62.2 cm³/mol. The van der Waals surface area contributed by atoms with E-state index in [-0.39, 0.29) is 12.4 Å². The van der Waals surface area contributed by atoms with E-state index < -0.39 is 15.8 Å². The first-order valence-corrected chi connectivity index (χ1v) is 6.69. The Balaban J connectivity index is 2.55. The maximum atomic E-state index is 12.8. The summed E-state index contributed by atoms with van der Waals surface area (Å²) in [7, 11) is -3.51. The summed E-state index contributed by atoms with van der Waals surface area (Å²) in [5.41, 5.74) is 1.66. The SMILES string of the molecule is Cc1cc(F)ccc1CCNS(=O)(=O)CC#N. The Morgan fingerprint density at radius 2 is 2.18 bits per heavy atom. The standard InChI is InChI=1S/C11H13FN2O2S/c1-9-8-11(12)3-2-10(9)4-6-14-17(15,16)7-5-13/h2-3,8,14H,4,6-7H2,1H3. The second-order valence-corrected chi connectivity index (χ2v) is 5.44. The van der Waals surface area contributed by atoms with Gasteiger partial charge in [-0.1, -0.05) is 6.07 Å². The van der Waals surface area contributed by atoms with Crippen LogP contribution in [0.4, 0.5) is 4.39 Å². The molecule has 0 amide bonds. The quantitative estimate of drug-likeness (QED) is 0.858. The lowest BCUT2D eigenvalue weighted by Gasteiger charge is -2.06. The van der Waals surface area contributed by atoms with E-state index in [1.165, 1.54) is 12.1 Å². The number of halogens is 1. The van der Waals surface area contributed by atoms with Gasteiger partial charge in [0.1, 0.15) is 5.82 Å². The Bertz CT molecular complexity index is 535. The van der Waals surface area contributed by atoms with Crippen molar-refractivity contribution in [3.05, 3.63) is 35.1 Å². The summed E-state index contributed by atoms with van der Waals surface area (Å²) in [6.07, 6.45) is 0.469. The maximum Gasteiger partial charge on any atom is 0.225 e. The lowest BCUT2D eigenvalue weighted by atomic mass is 10.1. The number of rotatable bonds is 5. The van der Waals surface area contributed by atoms with Crippen LogP contribution in [-0.4, -0.2) is 20.7 Å². The first-order valence-electron chi connectivity index (χ1n) is 5.04. The number of hydrogen-bond donors (Lipinski definition) is 1. The van der Waals surface area contributed by atoms with Crippen molar-refractivity contribution < 1.29 is 12.8 Å². The highest BCUT2D eigenvalue weighted by Gasteiger charge is 2.08. The molecule has 1 rings (SSSR count). The summed E-state index contributed by atoms with van der Waals surface area (Å²) in [6.45, 7) is 1.97. The topological polar surface area (TPSA) is 70.0 Å². The molecule has 1 N–H and O–H groups in total. The third-order valence-electron chi connectivity index (χ3n) is 2.28. The highest BCUT2D eigenvalue weighted by atomic mass is 32.2. The van der Waals surface area contributed by atoms with Gasteiger partial charge in [0, 0.05) is 6.54 Å². The molecule has 0 aliphatic heterocycles. The van der Waals surface area contributed by atoms with E-state index in [4.69, 9.17) is 5.26 Å². The predicted octanol–water partition coefficient (Wildman–Crippen LogP) is 1.12. The Kier molecular flexibility index (Phi) is 4.61. The van der Waals surface area contributed by atoms with Crippen molar-refractivity contribution in [1.29, 1.82) is 5.26 Å². The molecule has 0 saturated heterocycles. The Hall–Kier alpha value is -1.45. The van der Waals surface area contributed by atoms with Gasteiger partial charge in [0.2, 0.25) is 10.0 Å². The second kappa shape index (κ2) is 5.75. The molecule has 92 valence electrons. The van der Waals surface area contributed by atoms with Crippen LogP contribution in [0.2, 0.25) is 0 Å². The highest BCUT2D eigenvalue weighted by molar-refractivity contribution is 7.89. The summed E-state index contributed by atoms with van der Waals surface area (Å²) < 4.78 is 37.5. The zero-order chi connectivity index (χ0) is 12.9. The van der Waals surface area contributed by atoms with Gasteiger partial charge in [-0.2, -0.15) is 5.26 Å². The van der Waals surface area contributed by atoms with Crippen LogP contribution in [0.5, 0.6) is 0 Å². The molecule has 0 aliphatic carbocycles. The van der Waals surface area contributed by atoms with Crippen LogP contribution in [0.3, 0.4) is 0 Å². The first kappa shape index (κ1) is 13.6. The van der Waals surface area contributed by atoms with Crippen LogP contribution in [0.1, 0.15) is 11.1 Å². The third-order valence-corrected chi connectivity index (χ3v) is 3.43. The van der Waals surface area contributed by atoms with Crippen LogP contribution < -0.4 is 4.72 Å². The molecule has 0 atom stereocenters. The van der Waals surface area contributed by atoms with Crippen LogP contribution in [-0.2, 0) is 16.4 Å². The van der Waals surface area contributed by atoms with E-state index in [0.717, 1.165) is 11.1 Å². The molecule has 0 spiro atoms. The zero-order valence-electron chi connectivity index (χ0n) is 9.40. The van der Waals surface area contributed by atoms with Gasteiger partial charge in [-0.15, -0.1) is 0 Å². The van der Waals surface area contributed by atoms with Gasteiger partial charge in [0.25, 0.3) is 0 Å². The number of benzene rings is 1. The lowest BCUT2D eigenvalue weighted by molar-refractivity contribution is 0.584. The van der Waals surface area contributed by atoms with Gasteiger partial charge >= 0.3 is 0 Å². The van der Waals surface area contributed by atoms with E-state index in [0.29, 0.717) is 6.42 Å². The van der Waals surface area contributed by atoms with Crippen molar-refractivity contribution in [2.75, 3.05) is 12.3 Å². The molecular weight excluding hydrogens is 243 g/mol. The molecule has 1 aromatic carbocycles. The average molecular weight is 256 g/mol. The van der Waals surface area contributed by atoms with Gasteiger partial charge in [-0.05, 0) is 36.6 Å². The number of aryl methyl sites for hydroxylation is 1. The number of sulfonamides is 1. The van der Waals surface area contributed by atoms with Gasteiger partial charge in [0.15, 0.2) is 5.75 Å². The van der Waals surface area contributed by atoms with Gasteiger partial charge < -0.3 is 0 Å². The van der Waals surface area contributed by atoms with Crippen LogP contribution in [0.25, 0.3) is 0 Å². The summed E-state index contributed by atoms with van der Waals surface area (Å²) in [4.78, 5) is 0. The number of nitrogens with one attached hydrogen (secondary N) is 1. The fourth-order valence-electron chi connectivity index (χ4n) is 1.42. The zero-order valence-corrected chi connectivity index (χ0v) is 10.2. The molecule has 6 heteroatoms. The number of nitrogens with zero attached hydrogens (tertiary/aromatic N) is 1. The Labute approximate surface area is 100 Å². The minimum atomic E-state index is -3.51. The average Bonchev–Trinajstić information content (AvgIpc) is 2.21. The van der Waals surface area contributed by atoms with Crippen molar-refractivity contribution in [2.45, 2.75) is 13.3 Å². The van der Waals surface area contributed by atoms with Crippen molar-refractivity contribution in [3.8, 4) is 6.07 Å². The minimum Gasteiger partial charge on any atom is -0.214 e. The molecule has 0 radical (unpaired) electrons. The van der Waals surface area contributed by atoms with Crippen molar-refractivity contribution >= 4 is 10.0 Å². The van der Waals surface area contributed by atoms with Crippen molar-refractivity contribution in [2.24, 2.45) is 0 Å². The molecule has 0 heterocycles. The van der Waals surface area contributed by atoms with Crippen LogP contribution in [0, 0.1) is 24.1 Å². The molecule has 1 aromatic rings. The second-order valence-electron chi connectivity index (χ2n) is 3.63. The highest BCUT2D eigenvalue weighted by Crippen LogP contribution is 2.10. The molecule has 0 aromatic heterocycles. The summed E-state index contributed by atoms with van der Waals surface area (Å²) in [5.74, 6) is -0.855. The van der Waals surface area contributed by atoms with E-state index in [1.807, 2.05) is 0 Å². The van der Waals surface area contributed by atoms with E-state index in [2.05, 4.69) is 4.72 Å². The van der Waals surface area contributed by atoms with Crippen molar-refractivity contribution in [1.82, 2.24) is 4.72 Å². The molecule has 0 saturated carbocycles. The Morgan fingerprint density at radius 3 is 2.76 bits per heavy atom. The normalized spacial score (nSPS) is 11.1. The largest absolute Gasteiger partial charge is 0.225 e. The fourth-order valence-corrected chi connectivity index (χ4v) is 2.10. The molecule has 0 unspecified atom stereocenters. The molecule has 17 heavy (non-hydrogen) atoms. The summed E-state index contributed by atoms with van der Waals surface area (Å²) in [6, 6.07) is 5.94. The smallest absolute Gasteiger partial charge is 0.214 e. The molecular formula is C11H13FN2O2S. The molecule has 0 aliphatic rings. The minimum absolute atomic E-state index is 0.205. The third kappa shape index (κ3) is 4.51. The van der Waals surface area contributed by atoms with Crippen LogP contribution >= 0.6 is 0 Å².